The topological polar surface area (TPSA) is 46.5 Å². The van der Waals surface area contributed by atoms with Gasteiger partial charge in [-0.3, -0.25) is 4.98 Å². The number of hydrogen-bond acceptors (Lipinski definition) is 4. The molecule has 1 aromatic rings. The second kappa shape index (κ2) is 3.06. The lowest BCUT2D eigenvalue weighted by Crippen LogP contribution is -2.22. The van der Waals surface area contributed by atoms with Crippen molar-refractivity contribution in [1.82, 2.24) is 10.3 Å². The Kier molecular flexibility index (Phi) is 1.73. The Hall–Kier alpha value is -1.42. The molecular formula is C10H11N3O. The Balaban J connectivity index is 1.93. The third-order valence-electron chi connectivity index (χ3n) is 2.72. The first-order valence-corrected chi connectivity index (χ1v) is 4.81. The standard InChI is InChI=1S/C10H11N3O/c1-2-4-12-8(3-1)10-7-5-11-6-9(7)14-13-10/h1-4,7,9,11H,5-6H2/t7-,9+/m1/s1. The van der Waals surface area contributed by atoms with Crippen LogP contribution in [0, 0.1) is 5.92 Å². The first kappa shape index (κ1) is 7.94. The zero-order chi connectivity index (χ0) is 9.38. The molecule has 0 saturated carbocycles. The molecule has 72 valence electrons. The Bertz CT molecular complexity index is 363. The predicted molar refractivity (Wildman–Crippen MR) is 52.0 cm³/mol. The summed E-state index contributed by atoms with van der Waals surface area (Å²) in [4.78, 5) is 9.61. The SMILES string of the molecule is c1ccc(C2=NO[C@H]3CNC[C@@H]23)nc1. The molecule has 0 amide bonds. The molecule has 0 aliphatic carbocycles. The number of nitrogens with one attached hydrogen (secondary N) is 1. The van der Waals surface area contributed by atoms with Gasteiger partial charge < -0.3 is 10.2 Å². The first-order valence-electron chi connectivity index (χ1n) is 4.81. The second-order valence-corrected chi connectivity index (χ2v) is 3.60. The van der Waals surface area contributed by atoms with Crippen LogP contribution in [0.3, 0.4) is 0 Å². The van der Waals surface area contributed by atoms with Crippen LogP contribution in [0.15, 0.2) is 29.6 Å². The number of hydrogen-bond donors (Lipinski definition) is 1. The largest absolute Gasteiger partial charge is 0.390 e. The van der Waals surface area contributed by atoms with Crippen LogP contribution in [-0.2, 0) is 4.84 Å². The second-order valence-electron chi connectivity index (χ2n) is 3.60. The van der Waals surface area contributed by atoms with E-state index in [1.165, 1.54) is 0 Å². The van der Waals surface area contributed by atoms with E-state index >= 15 is 0 Å². The highest BCUT2D eigenvalue weighted by molar-refractivity contribution is 6.01. The summed E-state index contributed by atoms with van der Waals surface area (Å²) in [7, 11) is 0. The maximum Gasteiger partial charge on any atom is 0.149 e. The van der Waals surface area contributed by atoms with Crippen LogP contribution < -0.4 is 5.32 Å². The molecule has 1 saturated heterocycles. The van der Waals surface area contributed by atoms with Gasteiger partial charge >= 0.3 is 0 Å². The van der Waals surface area contributed by atoms with Gasteiger partial charge in [-0.25, -0.2) is 0 Å². The number of nitrogens with zero attached hydrogens (tertiary/aromatic N) is 2. The third kappa shape index (κ3) is 1.11. The van der Waals surface area contributed by atoms with E-state index in [1.807, 2.05) is 18.2 Å². The van der Waals surface area contributed by atoms with Gasteiger partial charge in [-0.2, -0.15) is 0 Å². The molecule has 0 unspecified atom stereocenters. The third-order valence-corrected chi connectivity index (χ3v) is 2.72. The minimum Gasteiger partial charge on any atom is -0.390 e. The molecule has 3 heterocycles. The van der Waals surface area contributed by atoms with Crippen molar-refractivity contribution >= 4 is 5.71 Å². The summed E-state index contributed by atoms with van der Waals surface area (Å²) in [5, 5.41) is 7.40. The van der Waals surface area contributed by atoms with Crippen molar-refractivity contribution < 1.29 is 4.84 Å². The molecule has 2 aliphatic rings. The molecule has 1 N–H and O–H groups in total. The van der Waals surface area contributed by atoms with E-state index < -0.39 is 0 Å². The molecule has 0 spiro atoms. The van der Waals surface area contributed by atoms with Crippen molar-refractivity contribution in [3.63, 3.8) is 0 Å². The fourth-order valence-electron chi connectivity index (χ4n) is 1.98. The minimum absolute atomic E-state index is 0.215. The normalized spacial score (nSPS) is 29.6. The molecular weight excluding hydrogens is 178 g/mol. The monoisotopic (exact) mass is 189 g/mol. The van der Waals surface area contributed by atoms with Gasteiger partial charge in [0.2, 0.25) is 0 Å². The highest BCUT2D eigenvalue weighted by atomic mass is 16.6. The van der Waals surface area contributed by atoms with E-state index in [-0.39, 0.29) is 6.10 Å². The average Bonchev–Trinajstić information content (AvgIpc) is 2.79. The number of rotatable bonds is 1. The summed E-state index contributed by atoms with van der Waals surface area (Å²) in [6, 6.07) is 5.85. The van der Waals surface area contributed by atoms with Crippen LogP contribution >= 0.6 is 0 Å². The molecule has 1 aromatic heterocycles. The predicted octanol–water partition coefficient (Wildman–Crippen LogP) is 0.404. The van der Waals surface area contributed by atoms with E-state index in [0.717, 1.165) is 24.5 Å². The summed E-state index contributed by atoms with van der Waals surface area (Å²) in [5.41, 5.74) is 1.92. The van der Waals surface area contributed by atoms with E-state index in [4.69, 9.17) is 4.84 Å². The van der Waals surface area contributed by atoms with Gasteiger partial charge in [0.25, 0.3) is 0 Å². The summed E-state index contributed by atoms with van der Waals surface area (Å²) in [6.45, 7) is 1.84. The Morgan fingerprint density at radius 3 is 3.21 bits per heavy atom. The van der Waals surface area contributed by atoms with Crippen molar-refractivity contribution in [2.75, 3.05) is 13.1 Å². The Labute approximate surface area is 82.0 Å². The van der Waals surface area contributed by atoms with Gasteiger partial charge in [-0.1, -0.05) is 11.2 Å². The van der Waals surface area contributed by atoms with Crippen LogP contribution in [0.1, 0.15) is 5.69 Å². The lowest BCUT2D eigenvalue weighted by Gasteiger charge is -2.06. The number of pyridine rings is 1. The quantitative estimate of drug-likeness (QED) is 0.695. The summed E-state index contributed by atoms with van der Waals surface area (Å²) in [6.07, 6.45) is 2.00. The number of aromatic nitrogens is 1. The van der Waals surface area contributed by atoms with E-state index in [9.17, 15) is 0 Å². The zero-order valence-corrected chi connectivity index (χ0v) is 7.68. The van der Waals surface area contributed by atoms with Crippen molar-refractivity contribution in [3.8, 4) is 0 Å². The fourth-order valence-corrected chi connectivity index (χ4v) is 1.98. The lowest BCUT2D eigenvalue weighted by molar-refractivity contribution is 0.0842. The van der Waals surface area contributed by atoms with Crippen molar-refractivity contribution in [2.24, 2.45) is 11.1 Å². The van der Waals surface area contributed by atoms with Crippen LogP contribution in [0.25, 0.3) is 0 Å². The Morgan fingerprint density at radius 1 is 1.36 bits per heavy atom. The number of fused-ring (bicyclic) bond motifs is 1. The van der Waals surface area contributed by atoms with E-state index in [0.29, 0.717) is 5.92 Å². The van der Waals surface area contributed by atoms with Crippen LogP contribution in [0.2, 0.25) is 0 Å². The maximum absolute atomic E-state index is 5.33. The molecule has 3 rings (SSSR count). The van der Waals surface area contributed by atoms with Crippen molar-refractivity contribution in [2.45, 2.75) is 6.10 Å². The molecule has 0 radical (unpaired) electrons. The van der Waals surface area contributed by atoms with Crippen molar-refractivity contribution in [1.29, 1.82) is 0 Å². The van der Waals surface area contributed by atoms with E-state index in [2.05, 4.69) is 15.5 Å². The van der Waals surface area contributed by atoms with Crippen LogP contribution in [-0.4, -0.2) is 29.9 Å². The van der Waals surface area contributed by atoms with Gasteiger partial charge in [0.1, 0.15) is 11.8 Å². The Morgan fingerprint density at radius 2 is 2.36 bits per heavy atom. The number of oxime groups is 1. The zero-order valence-electron chi connectivity index (χ0n) is 7.68. The first-order chi connectivity index (χ1) is 6.95. The smallest absolute Gasteiger partial charge is 0.149 e. The molecule has 14 heavy (non-hydrogen) atoms. The summed E-state index contributed by atoms with van der Waals surface area (Å²) < 4.78 is 0. The molecule has 0 bridgehead atoms. The van der Waals surface area contributed by atoms with Gasteiger partial charge in [0.05, 0.1) is 11.6 Å². The molecule has 2 aliphatic heterocycles. The molecule has 0 aromatic carbocycles. The molecule has 1 fully saturated rings. The molecule has 4 heteroatoms. The minimum atomic E-state index is 0.215. The highest BCUT2D eigenvalue weighted by Gasteiger charge is 2.38. The van der Waals surface area contributed by atoms with Gasteiger partial charge in [0, 0.05) is 19.3 Å². The highest BCUT2D eigenvalue weighted by Crippen LogP contribution is 2.24. The van der Waals surface area contributed by atoms with Crippen LogP contribution in [0.4, 0.5) is 0 Å². The van der Waals surface area contributed by atoms with Gasteiger partial charge in [0.15, 0.2) is 0 Å². The van der Waals surface area contributed by atoms with E-state index in [1.54, 1.807) is 6.20 Å². The average molecular weight is 189 g/mol. The van der Waals surface area contributed by atoms with Gasteiger partial charge in [-0.15, -0.1) is 0 Å². The molecule has 4 nitrogen and oxygen atoms in total. The fraction of sp³-hybridized carbons (Fsp3) is 0.400. The lowest BCUT2D eigenvalue weighted by atomic mass is 9.98. The van der Waals surface area contributed by atoms with Crippen LogP contribution in [0.5, 0.6) is 0 Å². The summed E-state index contributed by atoms with van der Waals surface area (Å²) >= 11 is 0. The van der Waals surface area contributed by atoms with Gasteiger partial charge in [-0.05, 0) is 12.1 Å². The summed E-state index contributed by atoms with van der Waals surface area (Å²) in [5.74, 6) is 0.380. The molecule has 2 atom stereocenters. The van der Waals surface area contributed by atoms with Crippen molar-refractivity contribution in [3.05, 3.63) is 30.1 Å². The maximum atomic E-state index is 5.33.